The number of halogens is 2. The van der Waals surface area contributed by atoms with Crippen LogP contribution in [0.1, 0.15) is 20.7 Å². The van der Waals surface area contributed by atoms with Gasteiger partial charge in [-0.2, -0.15) is 0 Å². The van der Waals surface area contributed by atoms with E-state index in [1.165, 1.54) is 0 Å². The van der Waals surface area contributed by atoms with Crippen LogP contribution in [-0.2, 0) is 0 Å². The third-order valence-electron chi connectivity index (χ3n) is 5.09. The number of carbonyl (C=O) groups excluding carboxylic acids is 2. The van der Waals surface area contributed by atoms with Gasteiger partial charge in [0.1, 0.15) is 0 Å². The summed E-state index contributed by atoms with van der Waals surface area (Å²) in [5.74, 6) is 0. The Bertz CT molecular complexity index is 1260. The molecule has 0 aliphatic heterocycles. The van der Waals surface area contributed by atoms with E-state index >= 15 is 0 Å². The molecule has 0 aliphatic carbocycles. The second-order valence-corrected chi connectivity index (χ2v) is 7.01. The lowest BCUT2D eigenvalue weighted by Gasteiger charge is -2.16. The molecule has 5 aromatic rings. The molecule has 124 valence electrons. The standard InChI is InChI=1S/C22H10Cl2O2/c23-21(25)17-9-7-15-16-8-10-18(22(24)26)14-6-2-4-12(20(14)16)11-3-1-5-13(17)19(11)15/h1-10H. The van der Waals surface area contributed by atoms with E-state index in [2.05, 4.69) is 0 Å². The van der Waals surface area contributed by atoms with Gasteiger partial charge in [-0.1, -0.05) is 48.5 Å². The van der Waals surface area contributed by atoms with Crippen LogP contribution in [0.15, 0.2) is 60.7 Å². The topological polar surface area (TPSA) is 34.1 Å². The molecule has 26 heavy (non-hydrogen) atoms. The largest absolute Gasteiger partial charge is 0.276 e. The van der Waals surface area contributed by atoms with Crippen molar-refractivity contribution in [2.45, 2.75) is 0 Å². The quantitative estimate of drug-likeness (QED) is 0.200. The Morgan fingerprint density at radius 1 is 0.500 bits per heavy atom. The molecule has 0 heterocycles. The van der Waals surface area contributed by atoms with Gasteiger partial charge in [0.15, 0.2) is 0 Å². The minimum absolute atomic E-state index is 0.471. The van der Waals surface area contributed by atoms with Gasteiger partial charge in [0, 0.05) is 11.1 Å². The molecular formula is C22H10Cl2O2. The number of hydrogen-bond donors (Lipinski definition) is 0. The first-order valence-corrected chi connectivity index (χ1v) is 8.85. The van der Waals surface area contributed by atoms with Gasteiger partial charge in [0.05, 0.1) is 0 Å². The molecule has 5 aromatic carbocycles. The first-order valence-electron chi connectivity index (χ1n) is 8.10. The Labute approximate surface area is 158 Å². The average Bonchev–Trinajstić information content (AvgIpc) is 2.64. The molecule has 0 saturated carbocycles. The van der Waals surface area contributed by atoms with Crippen LogP contribution < -0.4 is 0 Å². The second kappa shape index (κ2) is 5.41. The molecule has 5 rings (SSSR count). The lowest BCUT2D eigenvalue weighted by molar-refractivity contribution is 0.107. The first-order chi connectivity index (χ1) is 12.6. The van der Waals surface area contributed by atoms with E-state index in [1.807, 2.05) is 48.5 Å². The molecule has 0 bridgehead atoms. The fourth-order valence-electron chi connectivity index (χ4n) is 4.05. The van der Waals surface area contributed by atoms with E-state index in [0.29, 0.717) is 11.1 Å². The van der Waals surface area contributed by atoms with Crippen molar-refractivity contribution >= 4 is 76.8 Å². The maximum absolute atomic E-state index is 11.9. The van der Waals surface area contributed by atoms with Gasteiger partial charge >= 0.3 is 0 Å². The average molecular weight is 377 g/mol. The molecule has 4 heteroatoms. The van der Waals surface area contributed by atoms with Crippen LogP contribution in [0, 0.1) is 0 Å². The lowest BCUT2D eigenvalue weighted by atomic mass is 9.87. The highest BCUT2D eigenvalue weighted by atomic mass is 35.5. The molecule has 2 nitrogen and oxygen atoms in total. The summed E-state index contributed by atoms with van der Waals surface area (Å²) in [6, 6.07) is 19.1. The molecule has 0 unspecified atom stereocenters. The van der Waals surface area contributed by atoms with Gasteiger partial charge in [-0.05, 0) is 78.4 Å². The minimum Gasteiger partial charge on any atom is -0.276 e. The smallest absolute Gasteiger partial charge is 0.253 e. The Kier molecular flexibility index (Phi) is 3.24. The Morgan fingerprint density at radius 2 is 0.846 bits per heavy atom. The van der Waals surface area contributed by atoms with Crippen molar-refractivity contribution in [2.24, 2.45) is 0 Å². The van der Waals surface area contributed by atoms with Crippen molar-refractivity contribution in [1.82, 2.24) is 0 Å². The first kappa shape index (κ1) is 15.6. The van der Waals surface area contributed by atoms with Gasteiger partial charge in [-0.25, -0.2) is 0 Å². The van der Waals surface area contributed by atoms with Gasteiger partial charge < -0.3 is 0 Å². The van der Waals surface area contributed by atoms with Crippen LogP contribution in [0.4, 0.5) is 0 Å². The Morgan fingerprint density at radius 3 is 1.23 bits per heavy atom. The van der Waals surface area contributed by atoms with Crippen LogP contribution in [-0.4, -0.2) is 10.5 Å². The summed E-state index contributed by atoms with van der Waals surface area (Å²) >= 11 is 11.6. The molecule has 0 aliphatic rings. The third kappa shape index (κ3) is 1.94. The number of fused-ring (bicyclic) bond motifs is 2. The van der Waals surface area contributed by atoms with Crippen molar-refractivity contribution in [3.8, 4) is 0 Å². The fourth-order valence-corrected chi connectivity index (χ4v) is 4.38. The highest BCUT2D eigenvalue weighted by Gasteiger charge is 2.18. The molecule has 0 atom stereocenters. The summed E-state index contributed by atoms with van der Waals surface area (Å²) in [7, 11) is 0. The molecule has 0 saturated heterocycles. The monoisotopic (exact) mass is 376 g/mol. The zero-order valence-corrected chi connectivity index (χ0v) is 14.9. The molecule has 0 fully saturated rings. The summed E-state index contributed by atoms with van der Waals surface area (Å²) in [4.78, 5) is 23.7. The molecular weight excluding hydrogens is 367 g/mol. The number of benzene rings is 5. The maximum atomic E-state index is 11.9. The van der Waals surface area contributed by atoms with Crippen molar-refractivity contribution < 1.29 is 9.59 Å². The minimum atomic E-state index is -0.471. The molecule has 0 amide bonds. The highest BCUT2D eigenvalue weighted by Crippen LogP contribution is 2.42. The summed E-state index contributed by atoms with van der Waals surface area (Å²) in [5.41, 5.74) is 0.992. The van der Waals surface area contributed by atoms with Crippen LogP contribution >= 0.6 is 23.2 Å². The van der Waals surface area contributed by atoms with E-state index < -0.39 is 10.5 Å². The number of hydrogen-bond acceptors (Lipinski definition) is 2. The van der Waals surface area contributed by atoms with Crippen LogP contribution in [0.3, 0.4) is 0 Å². The third-order valence-corrected chi connectivity index (χ3v) is 5.49. The highest BCUT2D eigenvalue weighted by molar-refractivity contribution is 6.69. The molecule has 0 N–H and O–H groups in total. The lowest BCUT2D eigenvalue weighted by Crippen LogP contribution is -1.96. The zero-order valence-electron chi connectivity index (χ0n) is 13.3. The SMILES string of the molecule is O=C(Cl)c1ccc2c3ccc(C(=O)Cl)c4cccc(c5cccc1c52)c43. The van der Waals surface area contributed by atoms with Gasteiger partial charge in [-0.15, -0.1) is 0 Å². The number of carbonyl (C=O) groups is 2. The van der Waals surface area contributed by atoms with Gasteiger partial charge in [0.25, 0.3) is 10.5 Å². The van der Waals surface area contributed by atoms with Crippen LogP contribution in [0.5, 0.6) is 0 Å². The van der Waals surface area contributed by atoms with Crippen LogP contribution in [0.25, 0.3) is 43.1 Å². The van der Waals surface area contributed by atoms with Gasteiger partial charge in [0.2, 0.25) is 0 Å². The summed E-state index contributed by atoms with van der Waals surface area (Å²) in [5, 5.41) is 6.82. The van der Waals surface area contributed by atoms with Crippen molar-refractivity contribution in [1.29, 1.82) is 0 Å². The Hall–Kier alpha value is -2.68. The maximum Gasteiger partial charge on any atom is 0.253 e. The summed E-state index contributed by atoms with van der Waals surface area (Å²) < 4.78 is 0. The van der Waals surface area contributed by atoms with E-state index in [1.54, 1.807) is 12.1 Å². The van der Waals surface area contributed by atoms with Gasteiger partial charge in [-0.3, -0.25) is 9.59 Å². The van der Waals surface area contributed by atoms with E-state index in [-0.39, 0.29) is 0 Å². The second-order valence-electron chi connectivity index (χ2n) is 6.33. The van der Waals surface area contributed by atoms with E-state index in [4.69, 9.17) is 23.2 Å². The normalized spacial score (nSPS) is 11.8. The van der Waals surface area contributed by atoms with Crippen molar-refractivity contribution in [2.75, 3.05) is 0 Å². The Balaban J connectivity index is 2.15. The van der Waals surface area contributed by atoms with Crippen molar-refractivity contribution in [3.05, 3.63) is 71.8 Å². The predicted octanol–water partition coefficient (Wildman–Crippen LogP) is 6.50. The predicted molar refractivity (Wildman–Crippen MR) is 108 cm³/mol. The van der Waals surface area contributed by atoms with E-state index in [0.717, 1.165) is 43.1 Å². The summed E-state index contributed by atoms with van der Waals surface area (Å²) in [6.45, 7) is 0. The number of rotatable bonds is 2. The van der Waals surface area contributed by atoms with Crippen molar-refractivity contribution in [3.63, 3.8) is 0 Å². The van der Waals surface area contributed by atoms with E-state index in [9.17, 15) is 9.59 Å². The molecule has 0 aromatic heterocycles. The summed E-state index contributed by atoms with van der Waals surface area (Å²) in [6.07, 6.45) is 0. The van der Waals surface area contributed by atoms with Crippen LogP contribution in [0.2, 0.25) is 0 Å². The zero-order chi connectivity index (χ0) is 18.0. The molecule has 0 spiro atoms. The molecule has 0 radical (unpaired) electrons. The fraction of sp³-hybridized carbons (Fsp3) is 0.